The number of carbonyl (C=O) groups is 1. The third kappa shape index (κ3) is 3.54. The number of hydrogen-bond donors (Lipinski definition) is 1. The number of amides is 1. The molecule has 0 aromatic carbocycles. The molecule has 1 fully saturated rings. The summed E-state index contributed by atoms with van der Waals surface area (Å²) in [6, 6.07) is 6.14. The van der Waals surface area contributed by atoms with Crippen molar-refractivity contribution < 1.29 is 9.53 Å². The zero-order chi connectivity index (χ0) is 17.1. The molecule has 130 valence electrons. The largest absolute Gasteiger partial charge is 0.373 e. The molecular formula is C18H25N3O2S. The smallest absolute Gasteiger partial charge is 0.266 e. The van der Waals surface area contributed by atoms with Crippen molar-refractivity contribution in [1.82, 2.24) is 9.78 Å². The maximum Gasteiger partial charge on any atom is 0.266 e. The summed E-state index contributed by atoms with van der Waals surface area (Å²) in [5, 5.41) is 7.58. The molecule has 3 rings (SSSR count). The van der Waals surface area contributed by atoms with Gasteiger partial charge in [0.15, 0.2) is 0 Å². The van der Waals surface area contributed by atoms with E-state index in [0.717, 1.165) is 53.6 Å². The fourth-order valence-corrected chi connectivity index (χ4v) is 4.14. The number of nitrogens with one attached hydrogen (secondary N) is 1. The summed E-state index contributed by atoms with van der Waals surface area (Å²) in [6.07, 6.45) is 4.28. The molecule has 2 aromatic heterocycles. The van der Waals surface area contributed by atoms with Crippen molar-refractivity contribution in [3.05, 3.63) is 33.6 Å². The van der Waals surface area contributed by atoms with Crippen molar-refractivity contribution in [2.45, 2.75) is 58.6 Å². The molecule has 5 nitrogen and oxygen atoms in total. The van der Waals surface area contributed by atoms with Crippen LogP contribution in [0.4, 0.5) is 5.82 Å². The molecule has 0 saturated carbocycles. The molecule has 0 aliphatic carbocycles. The number of ether oxygens (including phenoxy) is 1. The molecule has 6 heteroatoms. The van der Waals surface area contributed by atoms with Crippen LogP contribution in [-0.4, -0.2) is 22.3 Å². The van der Waals surface area contributed by atoms with Gasteiger partial charge in [-0.2, -0.15) is 5.10 Å². The van der Waals surface area contributed by atoms with Crippen molar-refractivity contribution in [3.63, 3.8) is 0 Å². The summed E-state index contributed by atoms with van der Waals surface area (Å²) in [5.41, 5.74) is 0.920. The Morgan fingerprint density at radius 3 is 2.92 bits per heavy atom. The second-order valence-corrected chi connectivity index (χ2v) is 7.36. The van der Waals surface area contributed by atoms with E-state index in [2.05, 4.69) is 24.3 Å². The van der Waals surface area contributed by atoms with Crippen molar-refractivity contribution >= 4 is 23.1 Å². The highest BCUT2D eigenvalue weighted by Gasteiger charge is 2.22. The normalized spacial score (nSPS) is 17.6. The van der Waals surface area contributed by atoms with Crippen molar-refractivity contribution in [2.24, 2.45) is 0 Å². The summed E-state index contributed by atoms with van der Waals surface area (Å²) in [5.74, 6) is 0.703. The predicted molar refractivity (Wildman–Crippen MR) is 96.8 cm³/mol. The van der Waals surface area contributed by atoms with E-state index in [1.54, 1.807) is 0 Å². The van der Waals surface area contributed by atoms with Crippen LogP contribution in [0.25, 0.3) is 0 Å². The summed E-state index contributed by atoms with van der Waals surface area (Å²) in [7, 11) is 0. The molecular weight excluding hydrogens is 322 g/mol. The van der Waals surface area contributed by atoms with Crippen LogP contribution in [0.15, 0.2) is 18.2 Å². The van der Waals surface area contributed by atoms with E-state index >= 15 is 0 Å². The number of carbonyl (C=O) groups excluding carboxylic acids is 1. The maximum absolute atomic E-state index is 12.6. The fourth-order valence-electron chi connectivity index (χ4n) is 3.15. The number of rotatable bonds is 6. The minimum absolute atomic E-state index is 0.0728. The monoisotopic (exact) mass is 347 g/mol. The Morgan fingerprint density at radius 1 is 1.46 bits per heavy atom. The molecule has 3 heterocycles. The van der Waals surface area contributed by atoms with Gasteiger partial charge in [0.2, 0.25) is 0 Å². The van der Waals surface area contributed by atoms with Crippen LogP contribution in [0.5, 0.6) is 0 Å². The number of nitrogens with zero attached hydrogens (tertiary/aromatic N) is 2. The third-order valence-electron chi connectivity index (χ3n) is 4.49. The Balaban J connectivity index is 1.75. The van der Waals surface area contributed by atoms with Crippen LogP contribution in [0, 0.1) is 6.92 Å². The summed E-state index contributed by atoms with van der Waals surface area (Å²) in [4.78, 5) is 14.5. The lowest BCUT2D eigenvalue weighted by Gasteiger charge is -2.16. The Hall–Kier alpha value is -1.66. The van der Waals surface area contributed by atoms with Gasteiger partial charge in [-0.25, -0.2) is 4.68 Å². The topological polar surface area (TPSA) is 56.2 Å². The Kier molecular flexibility index (Phi) is 5.36. The molecule has 1 amide bonds. The van der Waals surface area contributed by atoms with Gasteiger partial charge >= 0.3 is 0 Å². The summed E-state index contributed by atoms with van der Waals surface area (Å²) in [6.45, 7) is 7.06. The standard InChI is InChI=1S/C18H25N3O2S/c1-4-13(5-2)21-17(11-12(3)20-21)19-18(22)16-9-8-15(24-16)14-7-6-10-23-14/h8-9,11,13-14H,4-7,10H2,1-3H3,(H,19,22). The van der Waals surface area contributed by atoms with E-state index in [1.165, 1.54) is 11.3 Å². The first kappa shape index (κ1) is 17.2. The molecule has 0 radical (unpaired) electrons. The second kappa shape index (κ2) is 7.49. The van der Waals surface area contributed by atoms with E-state index in [4.69, 9.17) is 4.74 Å². The first-order valence-electron chi connectivity index (χ1n) is 8.71. The van der Waals surface area contributed by atoms with E-state index in [0.29, 0.717) is 6.04 Å². The van der Waals surface area contributed by atoms with E-state index in [-0.39, 0.29) is 12.0 Å². The highest BCUT2D eigenvalue weighted by molar-refractivity contribution is 7.14. The maximum atomic E-state index is 12.6. The van der Waals surface area contributed by atoms with Gasteiger partial charge in [0.25, 0.3) is 5.91 Å². The molecule has 1 unspecified atom stereocenters. The zero-order valence-corrected chi connectivity index (χ0v) is 15.4. The minimum atomic E-state index is -0.0728. The van der Waals surface area contributed by atoms with Crippen LogP contribution in [0.2, 0.25) is 0 Å². The number of aromatic nitrogens is 2. The number of anilines is 1. The lowest BCUT2D eigenvalue weighted by atomic mass is 10.2. The second-order valence-electron chi connectivity index (χ2n) is 6.24. The highest BCUT2D eigenvalue weighted by atomic mass is 32.1. The first-order valence-corrected chi connectivity index (χ1v) is 9.52. The lowest BCUT2D eigenvalue weighted by Crippen LogP contribution is -2.17. The average molecular weight is 347 g/mol. The molecule has 0 spiro atoms. The van der Waals surface area contributed by atoms with Gasteiger partial charge in [0.1, 0.15) is 5.82 Å². The number of hydrogen-bond acceptors (Lipinski definition) is 4. The lowest BCUT2D eigenvalue weighted by molar-refractivity contribution is 0.102. The predicted octanol–water partition coefficient (Wildman–Crippen LogP) is 4.72. The van der Waals surface area contributed by atoms with Crippen LogP contribution in [0.1, 0.15) is 71.9 Å². The quantitative estimate of drug-likeness (QED) is 0.823. The van der Waals surface area contributed by atoms with Crippen molar-refractivity contribution in [2.75, 3.05) is 11.9 Å². The average Bonchev–Trinajstić information content (AvgIpc) is 3.29. The molecule has 1 aliphatic rings. The Labute approximate surface area is 147 Å². The van der Waals surface area contributed by atoms with Crippen molar-refractivity contribution in [3.8, 4) is 0 Å². The number of thiophene rings is 1. The third-order valence-corrected chi connectivity index (χ3v) is 5.66. The van der Waals surface area contributed by atoms with Crippen LogP contribution < -0.4 is 5.32 Å². The first-order chi connectivity index (χ1) is 11.6. The van der Waals surface area contributed by atoms with Gasteiger partial charge in [-0.3, -0.25) is 4.79 Å². The van der Waals surface area contributed by atoms with Gasteiger partial charge in [0, 0.05) is 17.6 Å². The highest BCUT2D eigenvalue weighted by Crippen LogP contribution is 2.33. The van der Waals surface area contributed by atoms with Gasteiger partial charge < -0.3 is 10.1 Å². The molecule has 1 aliphatic heterocycles. The van der Waals surface area contributed by atoms with E-state index < -0.39 is 0 Å². The van der Waals surface area contributed by atoms with Crippen LogP contribution >= 0.6 is 11.3 Å². The minimum Gasteiger partial charge on any atom is -0.373 e. The molecule has 1 atom stereocenters. The number of aryl methyl sites for hydroxylation is 1. The fraction of sp³-hybridized carbons (Fsp3) is 0.556. The Bertz CT molecular complexity index is 697. The van der Waals surface area contributed by atoms with Gasteiger partial charge in [-0.15, -0.1) is 11.3 Å². The van der Waals surface area contributed by atoms with Gasteiger partial charge in [-0.1, -0.05) is 13.8 Å². The van der Waals surface area contributed by atoms with Gasteiger partial charge in [-0.05, 0) is 44.7 Å². The summed E-state index contributed by atoms with van der Waals surface area (Å²) < 4.78 is 7.64. The van der Waals surface area contributed by atoms with Crippen molar-refractivity contribution in [1.29, 1.82) is 0 Å². The van der Waals surface area contributed by atoms with Crippen LogP contribution in [0.3, 0.4) is 0 Å². The summed E-state index contributed by atoms with van der Waals surface area (Å²) >= 11 is 1.52. The zero-order valence-electron chi connectivity index (χ0n) is 14.5. The molecule has 1 N–H and O–H groups in total. The van der Waals surface area contributed by atoms with E-state index in [1.807, 2.05) is 29.8 Å². The molecule has 2 aromatic rings. The molecule has 1 saturated heterocycles. The van der Waals surface area contributed by atoms with Gasteiger partial charge in [0.05, 0.1) is 22.7 Å². The van der Waals surface area contributed by atoms with Crippen LogP contribution in [-0.2, 0) is 4.74 Å². The SMILES string of the molecule is CCC(CC)n1nc(C)cc1NC(=O)c1ccc(C2CCCO2)s1. The molecule has 24 heavy (non-hydrogen) atoms. The van der Waals surface area contributed by atoms with E-state index in [9.17, 15) is 4.79 Å². The Morgan fingerprint density at radius 2 is 2.25 bits per heavy atom. The molecule has 0 bridgehead atoms.